The van der Waals surface area contributed by atoms with Crippen LogP contribution in [0.3, 0.4) is 0 Å². The van der Waals surface area contributed by atoms with Gasteiger partial charge in [0, 0.05) is 37.5 Å². The van der Waals surface area contributed by atoms with Gasteiger partial charge in [-0.15, -0.1) is 0 Å². The monoisotopic (exact) mass is 328 g/mol. The Bertz CT molecular complexity index is 809. The van der Waals surface area contributed by atoms with Crippen molar-refractivity contribution in [1.82, 2.24) is 14.7 Å². The van der Waals surface area contributed by atoms with Crippen LogP contribution in [0.1, 0.15) is 34.7 Å². The quantitative estimate of drug-likeness (QED) is 0.902. The maximum atomic E-state index is 12.4. The van der Waals surface area contributed by atoms with E-state index < -0.39 is 5.91 Å². The standard InChI is InChI=1S/C17H20N4O3/c1-4-21(5-2)17(24)12-7-6-8-13(11-12)18-16(23)14-9-10-15(22)20(3)19-14/h6-11H,4-5H2,1-3H3,(H,18,23). The van der Waals surface area contributed by atoms with Crippen molar-refractivity contribution >= 4 is 17.5 Å². The summed E-state index contributed by atoms with van der Waals surface area (Å²) in [4.78, 5) is 37.6. The lowest BCUT2D eigenvalue weighted by Gasteiger charge is -2.19. The summed E-state index contributed by atoms with van der Waals surface area (Å²) in [5.41, 5.74) is 0.828. The summed E-state index contributed by atoms with van der Waals surface area (Å²) in [5.74, 6) is -0.533. The summed E-state index contributed by atoms with van der Waals surface area (Å²) in [6, 6.07) is 9.38. The molecule has 1 aromatic carbocycles. The summed E-state index contributed by atoms with van der Waals surface area (Å²) in [6.45, 7) is 5.07. The highest BCUT2D eigenvalue weighted by molar-refractivity contribution is 6.03. The lowest BCUT2D eigenvalue weighted by molar-refractivity contribution is 0.0772. The average molecular weight is 328 g/mol. The smallest absolute Gasteiger partial charge is 0.276 e. The van der Waals surface area contributed by atoms with Gasteiger partial charge in [-0.2, -0.15) is 5.10 Å². The van der Waals surface area contributed by atoms with E-state index in [9.17, 15) is 14.4 Å². The van der Waals surface area contributed by atoms with Crippen LogP contribution < -0.4 is 10.9 Å². The van der Waals surface area contributed by atoms with E-state index in [0.29, 0.717) is 24.3 Å². The van der Waals surface area contributed by atoms with Gasteiger partial charge in [0.15, 0.2) is 0 Å². The first-order valence-corrected chi connectivity index (χ1v) is 7.71. The Morgan fingerprint density at radius 2 is 1.88 bits per heavy atom. The Morgan fingerprint density at radius 1 is 1.17 bits per heavy atom. The summed E-state index contributed by atoms with van der Waals surface area (Å²) in [6.07, 6.45) is 0. The summed E-state index contributed by atoms with van der Waals surface area (Å²) in [7, 11) is 1.47. The molecule has 2 amide bonds. The first-order valence-electron chi connectivity index (χ1n) is 7.71. The number of aromatic nitrogens is 2. The zero-order valence-corrected chi connectivity index (χ0v) is 13.9. The number of anilines is 1. The van der Waals surface area contributed by atoms with Gasteiger partial charge in [-0.05, 0) is 38.1 Å². The molecular weight excluding hydrogens is 308 g/mol. The number of hydrogen-bond donors (Lipinski definition) is 1. The van der Waals surface area contributed by atoms with Crippen LogP contribution >= 0.6 is 0 Å². The molecule has 0 aliphatic rings. The van der Waals surface area contributed by atoms with Crippen LogP contribution in [0.4, 0.5) is 5.69 Å². The highest BCUT2D eigenvalue weighted by Crippen LogP contribution is 2.13. The molecule has 7 nitrogen and oxygen atoms in total. The second-order valence-corrected chi connectivity index (χ2v) is 5.19. The van der Waals surface area contributed by atoms with E-state index in [1.54, 1.807) is 29.2 Å². The normalized spacial score (nSPS) is 10.3. The van der Waals surface area contributed by atoms with Crippen molar-refractivity contribution in [3.8, 4) is 0 Å². The maximum Gasteiger partial charge on any atom is 0.276 e. The molecule has 0 aliphatic heterocycles. The highest BCUT2D eigenvalue weighted by atomic mass is 16.2. The molecule has 0 atom stereocenters. The molecule has 0 spiro atoms. The van der Waals surface area contributed by atoms with E-state index in [1.165, 1.54) is 19.2 Å². The molecule has 0 aliphatic carbocycles. The topological polar surface area (TPSA) is 84.3 Å². The first kappa shape index (κ1) is 17.4. The minimum atomic E-state index is -0.446. The summed E-state index contributed by atoms with van der Waals surface area (Å²) in [5, 5.41) is 6.59. The molecule has 126 valence electrons. The van der Waals surface area contributed by atoms with Crippen molar-refractivity contribution in [2.24, 2.45) is 7.05 Å². The van der Waals surface area contributed by atoms with E-state index in [0.717, 1.165) is 4.68 Å². The minimum absolute atomic E-state index is 0.0867. The van der Waals surface area contributed by atoms with Crippen molar-refractivity contribution < 1.29 is 9.59 Å². The molecule has 0 fully saturated rings. The van der Waals surface area contributed by atoms with Gasteiger partial charge in [-0.3, -0.25) is 14.4 Å². The van der Waals surface area contributed by atoms with Gasteiger partial charge in [-0.25, -0.2) is 4.68 Å². The molecule has 0 saturated carbocycles. The number of aryl methyl sites for hydroxylation is 1. The van der Waals surface area contributed by atoms with Crippen molar-refractivity contribution in [2.45, 2.75) is 13.8 Å². The molecule has 0 radical (unpaired) electrons. The number of carbonyl (C=O) groups excluding carboxylic acids is 2. The Hall–Kier alpha value is -2.96. The van der Waals surface area contributed by atoms with Crippen molar-refractivity contribution in [2.75, 3.05) is 18.4 Å². The fourth-order valence-corrected chi connectivity index (χ4v) is 2.24. The van der Waals surface area contributed by atoms with E-state index >= 15 is 0 Å². The number of benzene rings is 1. The van der Waals surface area contributed by atoms with E-state index in [-0.39, 0.29) is 17.2 Å². The first-order chi connectivity index (χ1) is 11.5. The second-order valence-electron chi connectivity index (χ2n) is 5.19. The lowest BCUT2D eigenvalue weighted by Crippen LogP contribution is -2.30. The third-order valence-electron chi connectivity index (χ3n) is 3.61. The van der Waals surface area contributed by atoms with Crippen LogP contribution in [0.5, 0.6) is 0 Å². The van der Waals surface area contributed by atoms with Gasteiger partial charge >= 0.3 is 0 Å². The molecule has 1 aromatic heterocycles. The largest absolute Gasteiger partial charge is 0.339 e. The Kier molecular flexibility index (Phi) is 5.47. The van der Waals surface area contributed by atoms with Crippen LogP contribution in [0.15, 0.2) is 41.2 Å². The van der Waals surface area contributed by atoms with E-state index in [4.69, 9.17) is 0 Å². The number of nitrogens with one attached hydrogen (secondary N) is 1. The van der Waals surface area contributed by atoms with Gasteiger partial charge in [0.1, 0.15) is 5.69 Å². The van der Waals surface area contributed by atoms with Gasteiger partial charge in [0.25, 0.3) is 17.4 Å². The lowest BCUT2D eigenvalue weighted by atomic mass is 10.1. The fourth-order valence-electron chi connectivity index (χ4n) is 2.24. The molecule has 1 N–H and O–H groups in total. The van der Waals surface area contributed by atoms with Crippen LogP contribution in [-0.4, -0.2) is 39.6 Å². The van der Waals surface area contributed by atoms with Gasteiger partial charge in [-0.1, -0.05) is 6.07 Å². The highest BCUT2D eigenvalue weighted by Gasteiger charge is 2.14. The number of carbonyl (C=O) groups is 2. The van der Waals surface area contributed by atoms with Crippen LogP contribution in [0.2, 0.25) is 0 Å². The fraction of sp³-hybridized carbons (Fsp3) is 0.294. The molecule has 1 heterocycles. The van der Waals surface area contributed by atoms with Gasteiger partial charge in [0.05, 0.1) is 0 Å². The molecule has 2 rings (SSSR count). The zero-order chi connectivity index (χ0) is 17.7. The van der Waals surface area contributed by atoms with Gasteiger partial charge < -0.3 is 10.2 Å². The van der Waals surface area contributed by atoms with Crippen molar-refractivity contribution in [3.05, 3.63) is 58.0 Å². The number of amides is 2. The predicted molar refractivity (Wildman–Crippen MR) is 91.1 cm³/mol. The number of nitrogens with zero attached hydrogens (tertiary/aromatic N) is 3. The average Bonchev–Trinajstić information content (AvgIpc) is 2.58. The van der Waals surface area contributed by atoms with Crippen LogP contribution in [0, 0.1) is 0 Å². The summed E-state index contributed by atoms with van der Waals surface area (Å²) < 4.78 is 1.09. The predicted octanol–water partition coefficient (Wildman–Crippen LogP) is 1.51. The third kappa shape index (κ3) is 3.87. The van der Waals surface area contributed by atoms with Gasteiger partial charge in [0.2, 0.25) is 0 Å². The number of rotatable bonds is 5. The molecule has 0 bridgehead atoms. The van der Waals surface area contributed by atoms with E-state index in [1.807, 2.05) is 13.8 Å². The minimum Gasteiger partial charge on any atom is -0.339 e. The molecule has 24 heavy (non-hydrogen) atoms. The molecule has 2 aromatic rings. The van der Waals surface area contributed by atoms with Crippen LogP contribution in [-0.2, 0) is 7.05 Å². The molecule has 0 saturated heterocycles. The zero-order valence-electron chi connectivity index (χ0n) is 13.9. The number of hydrogen-bond acceptors (Lipinski definition) is 4. The Labute approximate surface area is 139 Å². The Balaban J connectivity index is 2.19. The third-order valence-corrected chi connectivity index (χ3v) is 3.61. The maximum absolute atomic E-state index is 12.4. The molecular formula is C17H20N4O3. The summed E-state index contributed by atoms with van der Waals surface area (Å²) >= 11 is 0. The van der Waals surface area contributed by atoms with Crippen LogP contribution in [0.25, 0.3) is 0 Å². The molecule has 0 unspecified atom stereocenters. The molecule has 7 heteroatoms. The van der Waals surface area contributed by atoms with E-state index in [2.05, 4.69) is 10.4 Å². The second kappa shape index (κ2) is 7.54. The SMILES string of the molecule is CCN(CC)C(=O)c1cccc(NC(=O)c2ccc(=O)n(C)n2)c1. The van der Waals surface area contributed by atoms with Crippen molar-refractivity contribution in [3.63, 3.8) is 0 Å². The Morgan fingerprint density at radius 3 is 2.50 bits per heavy atom. The van der Waals surface area contributed by atoms with Crippen molar-refractivity contribution in [1.29, 1.82) is 0 Å².